The van der Waals surface area contributed by atoms with Gasteiger partial charge < -0.3 is 10.6 Å². The molecule has 0 radical (unpaired) electrons. The van der Waals surface area contributed by atoms with E-state index in [1.165, 1.54) is 0 Å². The number of amides is 1. The zero-order valence-electron chi connectivity index (χ0n) is 9.31. The van der Waals surface area contributed by atoms with Gasteiger partial charge in [0.1, 0.15) is 0 Å². The van der Waals surface area contributed by atoms with Crippen LogP contribution in [0.4, 0.5) is 11.4 Å². The van der Waals surface area contributed by atoms with E-state index in [2.05, 4.69) is 6.92 Å². The van der Waals surface area contributed by atoms with Gasteiger partial charge in [0.05, 0.1) is 0 Å². The summed E-state index contributed by atoms with van der Waals surface area (Å²) in [5, 5.41) is 0. The normalized spacial score (nSPS) is 12.1. The minimum atomic E-state index is 0.217. The van der Waals surface area contributed by atoms with E-state index in [-0.39, 0.29) is 6.04 Å². The van der Waals surface area contributed by atoms with Gasteiger partial charge in [0.25, 0.3) is 0 Å². The second-order valence-corrected chi connectivity index (χ2v) is 3.75. The van der Waals surface area contributed by atoms with E-state index in [9.17, 15) is 4.79 Å². The molecule has 1 amide bonds. The van der Waals surface area contributed by atoms with Crippen LogP contribution in [-0.2, 0) is 4.79 Å². The van der Waals surface area contributed by atoms with Gasteiger partial charge in [-0.1, -0.05) is 19.4 Å². The van der Waals surface area contributed by atoms with Crippen molar-refractivity contribution in [3.8, 4) is 0 Å². The lowest BCUT2D eigenvalue weighted by Crippen LogP contribution is -2.31. The first-order valence-corrected chi connectivity index (χ1v) is 5.28. The number of hydrogen-bond donors (Lipinski definition) is 1. The average molecular weight is 206 g/mol. The molecule has 0 aliphatic rings. The van der Waals surface area contributed by atoms with Gasteiger partial charge in [0.15, 0.2) is 0 Å². The fraction of sp³-hybridized carbons (Fsp3) is 0.417. The third kappa shape index (κ3) is 2.98. The molecule has 0 spiro atoms. The predicted octanol–water partition coefficient (Wildman–Crippen LogP) is 2.42. The summed E-state index contributed by atoms with van der Waals surface area (Å²) in [5.74, 6) is 0. The highest BCUT2D eigenvalue weighted by atomic mass is 16.1. The van der Waals surface area contributed by atoms with Gasteiger partial charge in [-0.05, 0) is 31.5 Å². The molecule has 0 saturated carbocycles. The van der Waals surface area contributed by atoms with E-state index < -0.39 is 0 Å². The molecule has 1 rings (SSSR count). The van der Waals surface area contributed by atoms with E-state index in [0.29, 0.717) is 5.69 Å². The Hall–Kier alpha value is -1.51. The maximum atomic E-state index is 11.0. The molecule has 0 heterocycles. The highest BCUT2D eigenvalue weighted by molar-refractivity contribution is 5.77. The largest absolute Gasteiger partial charge is 0.399 e. The van der Waals surface area contributed by atoms with Gasteiger partial charge in [-0.15, -0.1) is 0 Å². The lowest BCUT2D eigenvalue weighted by molar-refractivity contribution is -0.107. The molecule has 0 saturated heterocycles. The van der Waals surface area contributed by atoms with Crippen LogP contribution in [0.2, 0.25) is 0 Å². The molecule has 1 unspecified atom stereocenters. The Kier molecular flexibility index (Phi) is 4.16. The van der Waals surface area contributed by atoms with Crippen LogP contribution in [0.3, 0.4) is 0 Å². The van der Waals surface area contributed by atoms with Crippen molar-refractivity contribution in [3.05, 3.63) is 24.3 Å². The van der Waals surface area contributed by atoms with Gasteiger partial charge in [0.2, 0.25) is 6.41 Å². The molecule has 3 heteroatoms. The van der Waals surface area contributed by atoms with Crippen LogP contribution < -0.4 is 10.6 Å². The Morgan fingerprint density at radius 3 is 2.80 bits per heavy atom. The molecular formula is C12H18N2O. The van der Waals surface area contributed by atoms with Crippen molar-refractivity contribution < 1.29 is 4.79 Å². The quantitative estimate of drug-likeness (QED) is 0.594. The Bertz CT molecular complexity index is 325. The summed E-state index contributed by atoms with van der Waals surface area (Å²) in [6.45, 7) is 4.15. The van der Waals surface area contributed by atoms with Crippen molar-refractivity contribution in [2.45, 2.75) is 32.7 Å². The zero-order chi connectivity index (χ0) is 11.3. The van der Waals surface area contributed by atoms with Crippen LogP contribution in [-0.4, -0.2) is 12.5 Å². The van der Waals surface area contributed by atoms with Crippen molar-refractivity contribution in [2.24, 2.45) is 0 Å². The highest BCUT2D eigenvalue weighted by Crippen LogP contribution is 2.19. The van der Waals surface area contributed by atoms with Crippen molar-refractivity contribution in [3.63, 3.8) is 0 Å². The molecule has 0 bridgehead atoms. The number of nitrogens with zero attached hydrogens (tertiary/aromatic N) is 1. The molecule has 1 atom stereocenters. The third-order valence-electron chi connectivity index (χ3n) is 2.46. The SMILES string of the molecule is CCCC(C)N(C=O)c1cccc(N)c1. The maximum Gasteiger partial charge on any atom is 0.214 e. The summed E-state index contributed by atoms with van der Waals surface area (Å²) in [6.07, 6.45) is 2.93. The summed E-state index contributed by atoms with van der Waals surface area (Å²) >= 11 is 0. The predicted molar refractivity (Wildman–Crippen MR) is 63.8 cm³/mol. The Balaban J connectivity index is 2.86. The van der Waals surface area contributed by atoms with Crippen LogP contribution in [0.15, 0.2) is 24.3 Å². The fourth-order valence-electron chi connectivity index (χ4n) is 1.66. The standard InChI is InChI=1S/C12H18N2O/c1-3-5-10(2)14(9-15)12-7-4-6-11(13)8-12/h4,6-10H,3,5,13H2,1-2H3. The third-order valence-corrected chi connectivity index (χ3v) is 2.46. The van der Waals surface area contributed by atoms with E-state index in [4.69, 9.17) is 5.73 Å². The number of hydrogen-bond acceptors (Lipinski definition) is 2. The lowest BCUT2D eigenvalue weighted by atomic mass is 10.1. The summed E-state index contributed by atoms with van der Waals surface area (Å²) < 4.78 is 0. The number of benzene rings is 1. The van der Waals surface area contributed by atoms with Gasteiger partial charge in [-0.25, -0.2) is 0 Å². The first-order valence-electron chi connectivity index (χ1n) is 5.28. The Morgan fingerprint density at radius 1 is 1.53 bits per heavy atom. The fourth-order valence-corrected chi connectivity index (χ4v) is 1.66. The molecule has 0 aliphatic carbocycles. The summed E-state index contributed by atoms with van der Waals surface area (Å²) in [4.78, 5) is 12.7. The van der Waals surface area contributed by atoms with Crippen LogP contribution >= 0.6 is 0 Å². The van der Waals surface area contributed by atoms with Crippen LogP contribution in [0.25, 0.3) is 0 Å². The minimum absolute atomic E-state index is 0.217. The first-order chi connectivity index (χ1) is 7.19. The van der Waals surface area contributed by atoms with Crippen molar-refractivity contribution >= 4 is 17.8 Å². The second-order valence-electron chi connectivity index (χ2n) is 3.75. The highest BCUT2D eigenvalue weighted by Gasteiger charge is 2.12. The summed E-state index contributed by atoms with van der Waals surface area (Å²) in [6, 6.07) is 7.61. The van der Waals surface area contributed by atoms with E-state index in [1.54, 1.807) is 4.90 Å². The van der Waals surface area contributed by atoms with Gasteiger partial charge in [-0.3, -0.25) is 4.79 Å². The van der Waals surface area contributed by atoms with Crippen molar-refractivity contribution in [1.29, 1.82) is 0 Å². The molecule has 0 fully saturated rings. The number of anilines is 2. The van der Waals surface area contributed by atoms with Gasteiger partial charge in [0, 0.05) is 17.4 Å². The number of nitrogens with two attached hydrogens (primary N) is 1. The molecule has 3 nitrogen and oxygen atoms in total. The summed E-state index contributed by atoms with van der Waals surface area (Å²) in [5.41, 5.74) is 7.23. The topological polar surface area (TPSA) is 46.3 Å². The molecule has 82 valence electrons. The van der Waals surface area contributed by atoms with Crippen molar-refractivity contribution in [1.82, 2.24) is 0 Å². The summed E-state index contributed by atoms with van der Waals surface area (Å²) in [7, 11) is 0. The van der Waals surface area contributed by atoms with E-state index in [0.717, 1.165) is 24.9 Å². The molecule has 0 aromatic heterocycles. The van der Waals surface area contributed by atoms with Gasteiger partial charge in [-0.2, -0.15) is 0 Å². The van der Waals surface area contributed by atoms with Crippen molar-refractivity contribution in [2.75, 3.05) is 10.6 Å². The monoisotopic (exact) mass is 206 g/mol. The molecule has 2 N–H and O–H groups in total. The number of nitrogen functional groups attached to an aromatic ring is 1. The first kappa shape index (κ1) is 11.6. The van der Waals surface area contributed by atoms with Crippen LogP contribution in [0.5, 0.6) is 0 Å². The molecule has 0 aliphatic heterocycles. The zero-order valence-corrected chi connectivity index (χ0v) is 9.31. The van der Waals surface area contributed by atoms with Crippen LogP contribution in [0.1, 0.15) is 26.7 Å². The smallest absolute Gasteiger partial charge is 0.214 e. The Morgan fingerprint density at radius 2 is 2.27 bits per heavy atom. The molecule has 1 aromatic carbocycles. The van der Waals surface area contributed by atoms with E-state index in [1.807, 2.05) is 31.2 Å². The molecule has 15 heavy (non-hydrogen) atoms. The molecule has 1 aromatic rings. The minimum Gasteiger partial charge on any atom is -0.399 e. The second kappa shape index (κ2) is 5.39. The van der Waals surface area contributed by atoms with Gasteiger partial charge >= 0.3 is 0 Å². The number of rotatable bonds is 5. The number of carbonyl (C=O) groups excluding carboxylic acids is 1. The Labute approximate surface area is 90.9 Å². The molecular weight excluding hydrogens is 188 g/mol. The average Bonchev–Trinajstić information content (AvgIpc) is 2.19. The number of carbonyl (C=O) groups is 1. The van der Waals surface area contributed by atoms with Crippen LogP contribution in [0, 0.1) is 0 Å². The van der Waals surface area contributed by atoms with E-state index >= 15 is 0 Å². The lowest BCUT2D eigenvalue weighted by Gasteiger charge is -2.25. The maximum absolute atomic E-state index is 11.0.